The molecule has 2 aromatic rings. The van der Waals surface area contributed by atoms with E-state index in [0.717, 1.165) is 23.7 Å². The highest BCUT2D eigenvalue weighted by molar-refractivity contribution is 9.10. The zero-order chi connectivity index (χ0) is 16.9. The summed E-state index contributed by atoms with van der Waals surface area (Å²) < 4.78 is 6.44. The second kappa shape index (κ2) is 7.81. The van der Waals surface area contributed by atoms with Crippen LogP contribution in [0.1, 0.15) is 35.6 Å². The molecule has 0 heterocycles. The van der Waals surface area contributed by atoms with Crippen molar-refractivity contribution in [3.63, 3.8) is 0 Å². The van der Waals surface area contributed by atoms with Crippen LogP contribution in [-0.2, 0) is 17.8 Å². The van der Waals surface area contributed by atoms with Crippen LogP contribution in [0.5, 0.6) is 5.75 Å². The number of hydrogen-bond donors (Lipinski definition) is 2. The van der Waals surface area contributed by atoms with Crippen LogP contribution < -0.4 is 10.1 Å². The monoisotopic (exact) mass is 389 g/mol. The van der Waals surface area contributed by atoms with Gasteiger partial charge < -0.3 is 15.2 Å². The third-order valence-electron chi connectivity index (χ3n) is 4.26. The van der Waals surface area contributed by atoms with Gasteiger partial charge in [0.15, 0.2) is 6.61 Å². The van der Waals surface area contributed by atoms with Crippen molar-refractivity contribution in [2.24, 2.45) is 0 Å². The number of rotatable bonds is 5. The molecule has 0 unspecified atom stereocenters. The van der Waals surface area contributed by atoms with E-state index in [0.29, 0.717) is 11.3 Å². The second-order valence-corrected chi connectivity index (χ2v) is 6.83. The van der Waals surface area contributed by atoms with Crippen LogP contribution in [0.2, 0.25) is 0 Å². The van der Waals surface area contributed by atoms with Crippen LogP contribution in [0, 0.1) is 0 Å². The molecule has 3 rings (SSSR count). The van der Waals surface area contributed by atoms with Gasteiger partial charge in [-0.25, -0.2) is 0 Å². The summed E-state index contributed by atoms with van der Waals surface area (Å²) in [5, 5.41) is 12.4. The molecule has 126 valence electrons. The van der Waals surface area contributed by atoms with E-state index in [2.05, 4.69) is 33.4 Å². The van der Waals surface area contributed by atoms with E-state index < -0.39 is 0 Å². The number of hydrogen-bond acceptors (Lipinski definition) is 3. The fourth-order valence-corrected chi connectivity index (χ4v) is 3.50. The van der Waals surface area contributed by atoms with Gasteiger partial charge >= 0.3 is 0 Å². The quantitative estimate of drug-likeness (QED) is 0.822. The van der Waals surface area contributed by atoms with Gasteiger partial charge in [-0.15, -0.1) is 0 Å². The average molecular weight is 390 g/mol. The molecule has 0 radical (unpaired) electrons. The average Bonchev–Trinajstić information content (AvgIpc) is 2.61. The number of carbonyl (C=O) groups is 1. The summed E-state index contributed by atoms with van der Waals surface area (Å²) in [6.07, 6.45) is 3.09. The number of carbonyl (C=O) groups excluding carboxylic acids is 1. The molecule has 0 spiro atoms. The molecule has 5 heteroatoms. The van der Waals surface area contributed by atoms with Crippen LogP contribution >= 0.6 is 15.9 Å². The topological polar surface area (TPSA) is 58.6 Å². The van der Waals surface area contributed by atoms with E-state index in [4.69, 9.17) is 4.74 Å². The normalized spacial score (nSPS) is 16.3. The number of halogens is 1. The van der Waals surface area contributed by atoms with Gasteiger partial charge in [0.1, 0.15) is 5.75 Å². The summed E-state index contributed by atoms with van der Waals surface area (Å²) >= 11 is 3.35. The molecule has 1 amide bonds. The molecule has 0 aliphatic heterocycles. The highest BCUT2D eigenvalue weighted by Crippen LogP contribution is 2.29. The van der Waals surface area contributed by atoms with Crippen molar-refractivity contribution < 1.29 is 14.6 Å². The van der Waals surface area contributed by atoms with E-state index in [9.17, 15) is 9.90 Å². The predicted octanol–water partition coefficient (Wildman–Crippen LogP) is 3.51. The number of aliphatic hydroxyl groups is 1. The molecule has 1 aliphatic carbocycles. The number of amides is 1. The van der Waals surface area contributed by atoms with Crippen molar-refractivity contribution in [2.75, 3.05) is 6.61 Å². The molecule has 0 saturated heterocycles. The molecule has 2 N–H and O–H groups in total. The Balaban J connectivity index is 1.61. The van der Waals surface area contributed by atoms with Crippen molar-refractivity contribution in [1.29, 1.82) is 0 Å². The summed E-state index contributed by atoms with van der Waals surface area (Å²) in [7, 11) is 0. The van der Waals surface area contributed by atoms with Crippen LogP contribution in [0.4, 0.5) is 0 Å². The summed E-state index contributed by atoms with van der Waals surface area (Å²) in [6, 6.07) is 13.7. The van der Waals surface area contributed by atoms with Gasteiger partial charge in [-0.05, 0) is 48.6 Å². The minimum Gasteiger partial charge on any atom is -0.483 e. The van der Waals surface area contributed by atoms with Crippen LogP contribution in [-0.4, -0.2) is 17.6 Å². The molecule has 0 saturated carbocycles. The molecular weight excluding hydrogens is 370 g/mol. The molecular formula is C19H20BrNO3. The number of nitrogens with one attached hydrogen (secondary N) is 1. The Morgan fingerprint density at radius 3 is 2.96 bits per heavy atom. The minimum atomic E-state index is -0.150. The Morgan fingerprint density at radius 2 is 2.12 bits per heavy atom. The largest absolute Gasteiger partial charge is 0.483 e. The first-order valence-electron chi connectivity index (χ1n) is 8.06. The van der Waals surface area contributed by atoms with Crippen LogP contribution in [0.15, 0.2) is 46.9 Å². The molecule has 2 aromatic carbocycles. The lowest BCUT2D eigenvalue weighted by atomic mass is 9.88. The van der Waals surface area contributed by atoms with Gasteiger partial charge in [-0.1, -0.05) is 40.2 Å². The lowest BCUT2D eigenvalue weighted by molar-refractivity contribution is -0.124. The Labute approximate surface area is 150 Å². The van der Waals surface area contributed by atoms with Gasteiger partial charge in [0.2, 0.25) is 0 Å². The summed E-state index contributed by atoms with van der Waals surface area (Å²) in [5.74, 6) is 0.378. The van der Waals surface area contributed by atoms with Gasteiger partial charge in [-0.2, -0.15) is 0 Å². The highest BCUT2D eigenvalue weighted by atomic mass is 79.9. The number of benzene rings is 2. The third-order valence-corrected chi connectivity index (χ3v) is 4.75. The standard InChI is InChI=1S/C19H20BrNO3/c20-15-8-9-18(14(10-15)11-22)24-12-19(23)21-17-7-3-5-13-4-1-2-6-16(13)17/h1-2,4,6,8-10,17,22H,3,5,7,11-12H2,(H,21,23)/t17-/m1/s1. The number of ether oxygens (including phenoxy) is 1. The number of fused-ring (bicyclic) bond motifs is 1. The summed E-state index contributed by atoms with van der Waals surface area (Å²) in [6.45, 7) is -0.195. The van der Waals surface area contributed by atoms with Gasteiger partial charge in [0.05, 0.1) is 12.6 Å². The first-order chi connectivity index (χ1) is 11.7. The fraction of sp³-hybridized carbons (Fsp3) is 0.316. The first kappa shape index (κ1) is 17.0. The van der Waals surface area contributed by atoms with Crippen LogP contribution in [0.3, 0.4) is 0 Å². The minimum absolute atomic E-state index is 0.0493. The van der Waals surface area contributed by atoms with E-state index in [1.54, 1.807) is 12.1 Å². The predicted molar refractivity (Wildman–Crippen MR) is 95.8 cm³/mol. The smallest absolute Gasteiger partial charge is 0.258 e. The zero-order valence-corrected chi connectivity index (χ0v) is 14.9. The Kier molecular flexibility index (Phi) is 5.53. The molecule has 0 fully saturated rings. The van der Waals surface area contributed by atoms with E-state index >= 15 is 0 Å². The van der Waals surface area contributed by atoms with E-state index in [1.165, 1.54) is 11.1 Å². The van der Waals surface area contributed by atoms with E-state index in [1.807, 2.05) is 18.2 Å². The molecule has 1 aliphatic rings. The number of aryl methyl sites for hydroxylation is 1. The first-order valence-corrected chi connectivity index (χ1v) is 8.86. The van der Waals surface area contributed by atoms with E-state index in [-0.39, 0.29) is 25.2 Å². The molecule has 0 aromatic heterocycles. The van der Waals surface area contributed by atoms with Gasteiger partial charge in [0, 0.05) is 10.0 Å². The zero-order valence-electron chi connectivity index (χ0n) is 13.3. The van der Waals surface area contributed by atoms with Gasteiger partial charge in [-0.3, -0.25) is 4.79 Å². The van der Waals surface area contributed by atoms with Crippen molar-refractivity contribution in [2.45, 2.75) is 31.9 Å². The maximum Gasteiger partial charge on any atom is 0.258 e. The Bertz CT molecular complexity index is 732. The van der Waals surface area contributed by atoms with Crippen molar-refractivity contribution in [3.05, 3.63) is 63.6 Å². The SMILES string of the molecule is O=C(COc1ccc(Br)cc1CO)N[C@@H]1CCCc2ccccc21. The lowest BCUT2D eigenvalue weighted by Gasteiger charge is -2.26. The maximum absolute atomic E-state index is 12.3. The van der Waals surface area contributed by atoms with Crippen LogP contribution in [0.25, 0.3) is 0 Å². The number of aliphatic hydroxyl groups excluding tert-OH is 1. The third kappa shape index (κ3) is 3.97. The molecule has 0 bridgehead atoms. The molecule has 4 nitrogen and oxygen atoms in total. The second-order valence-electron chi connectivity index (χ2n) is 5.91. The Hall–Kier alpha value is -1.85. The summed E-state index contributed by atoms with van der Waals surface area (Å²) in [4.78, 5) is 12.3. The summed E-state index contributed by atoms with van der Waals surface area (Å²) in [5.41, 5.74) is 3.17. The van der Waals surface area contributed by atoms with Crippen molar-refractivity contribution in [3.8, 4) is 5.75 Å². The highest BCUT2D eigenvalue weighted by Gasteiger charge is 2.21. The maximum atomic E-state index is 12.3. The molecule has 24 heavy (non-hydrogen) atoms. The fourth-order valence-electron chi connectivity index (χ4n) is 3.10. The lowest BCUT2D eigenvalue weighted by Crippen LogP contribution is -2.34. The Morgan fingerprint density at radius 1 is 1.29 bits per heavy atom. The van der Waals surface area contributed by atoms with Gasteiger partial charge in [0.25, 0.3) is 5.91 Å². The van der Waals surface area contributed by atoms with Crippen molar-refractivity contribution in [1.82, 2.24) is 5.32 Å². The molecule has 1 atom stereocenters. The van der Waals surface area contributed by atoms with Crippen molar-refractivity contribution >= 4 is 21.8 Å².